The van der Waals surface area contributed by atoms with Gasteiger partial charge < -0.3 is 4.74 Å². The van der Waals surface area contributed by atoms with Gasteiger partial charge in [0.05, 0.1) is 13.2 Å². The van der Waals surface area contributed by atoms with Crippen LogP contribution in [0.5, 0.6) is 0 Å². The summed E-state index contributed by atoms with van der Waals surface area (Å²) in [5, 5.41) is 0. The van der Waals surface area contributed by atoms with Crippen LogP contribution in [-0.2, 0) is 4.74 Å². The van der Waals surface area contributed by atoms with Crippen molar-refractivity contribution in [1.29, 1.82) is 0 Å². The topological polar surface area (TPSA) is 12.5 Å². The number of morpholine rings is 1. The number of hydrogen-bond donors (Lipinski definition) is 0. The van der Waals surface area contributed by atoms with E-state index < -0.39 is 0 Å². The third-order valence-electron chi connectivity index (χ3n) is 3.84. The third-order valence-corrected chi connectivity index (χ3v) is 3.84. The van der Waals surface area contributed by atoms with Gasteiger partial charge in [-0.2, -0.15) is 0 Å². The molecule has 1 fully saturated rings. The molecule has 0 unspecified atom stereocenters. The molecule has 0 amide bonds. The van der Waals surface area contributed by atoms with Gasteiger partial charge in [-0.1, -0.05) is 40.5 Å². The van der Waals surface area contributed by atoms with Gasteiger partial charge in [-0.3, -0.25) is 4.90 Å². The monoisotopic (exact) mass is 241 g/mol. The summed E-state index contributed by atoms with van der Waals surface area (Å²) in [6, 6.07) is 0. The molecule has 0 spiro atoms. The molecule has 2 nitrogen and oxygen atoms in total. The Labute approximate surface area is 108 Å². The lowest BCUT2D eigenvalue weighted by Gasteiger charge is -2.31. The highest BCUT2D eigenvalue weighted by molar-refractivity contribution is 4.72. The summed E-state index contributed by atoms with van der Waals surface area (Å²) >= 11 is 0. The Hall–Kier alpha value is -0.0800. The molecule has 1 aliphatic heterocycles. The Kier molecular flexibility index (Phi) is 6.50. The Bertz CT molecular complexity index is 195. The molecule has 102 valence electrons. The summed E-state index contributed by atoms with van der Waals surface area (Å²) in [5.74, 6) is 0.852. The van der Waals surface area contributed by atoms with E-state index in [1.54, 1.807) is 0 Å². The second kappa shape index (κ2) is 7.38. The largest absolute Gasteiger partial charge is 0.379 e. The van der Waals surface area contributed by atoms with Crippen molar-refractivity contribution in [2.45, 2.75) is 53.4 Å². The number of ether oxygens (including phenoxy) is 1. The molecule has 0 aromatic carbocycles. The van der Waals surface area contributed by atoms with Gasteiger partial charge in [-0.25, -0.2) is 0 Å². The molecular weight excluding hydrogens is 210 g/mol. The van der Waals surface area contributed by atoms with Crippen molar-refractivity contribution in [2.75, 3.05) is 32.8 Å². The first-order valence-electron chi connectivity index (χ1n) is 7.30. The average molecular weight is 241 g/mol. The first-order valence-corrected chi connectivity index (χ1v) is 7.30. The van der Waals surface area contributed by atoms with Crippen LogP contribution in [0.4, 0.5) is 0 Å². The Morgan fingerprint density at radius 2 is 1.76 bits per heavy atom. The molecule has 1 rings (SSSR count). The Balaban J connectivity index is 2.14. The minimum atomic E-state index is 0.507. The van der Waals surface area contributed by atoms with Crippen molar-refractivity contribution in [3.8, 4) is 0 Å². The van der Waals surface area contributed by atoms with Crippen molar-refractivity contribution in [1.82, 2.24) is 4.90 Å². The minimum absolute atomic E-state index is 0.507. The van der Waals surface area contributed by atoms with Crippen molar-refractivity contribution < 1.29 is 4.74 Å². The molecule has 0 atom stereocenters. The van der Waals surface area contributed by atoms with Gasteiger partial charge in [0.2, 0.25) is 0 Å². The second-order valence-corrected chi connectivity index (χ2v) is 6.65. The predicted molar refractivity (Wildman–Crippen MR) is 74.3 cm³/mol. The van der Waals surface area contributed by atoms with Gasteiger partial charge in [0.15, 0.2) is 0 Å². The molecule has 0 aromatic heterocycles. The van der Waals surface area contributed by atoms with E-state index in [0.717, 1.165) is 32.2 Å². The van der Waals surface area contributed by atoms with Crippen LogP contribution < -0.4 is 0 Å². The van der Waals surface area contributed by atoms with Crippen LogP contribution in [-0.4, -0.2) is 37.7 Å². The van der Waals surface area contributed by atoms with Crippen molar-refractivity contribution in [3.63, 3.8) is 0 Å². The fourth-order valence-electron chi connectivity index (χ4n) is 2.40. The second-order valence-electron chi connectivity index (χ2n) is 6.65. The zero-order valence-electron chi connectivity index (χ0n) is 12.3. The summed E-state index contributed by atoms with van der Waals surface area (Å²) in [5.41, 5.74) is 0.507. The van der Waals surface area contributed by atoms with Crippen molar-refractivity contribution >= 4 is 0 Å². The van der Waals surface area contributed by atoms with E-state index in [-0.39, 0.29) is 0 Å². The smallest absolute Gasteiger partial charge is 0.0594 e. The molecule has 1 heterocycles. The minimum Gasteiger partial charge on any atom is -0.379 e. The molecule has 0 radical (unpaired) electrons. The van der Waals surface area contributed by atoms with Crippen LogP contribution in [0.15, 0.2) is 0 Å². The van der Waals surface area contributed by atoms with Crippen molar-refractivity contribution in [2.24, 2.45) is 11.3 Å². The van der Waals surface area contributed by atoms with Crippen LogP contribution in [0.1, 0.15) is 53.4 Å². The normalized spacial score (nSPS) is 18.9. The maximum Gasteiger partial charge on any atom is 0.0594 e. The van der Waals surface area contributed by atoms with E-state index >= 15 is 0 Å². The molecule has 0 N–H and O–H groups in total. The quantitative estimate of drug-likeness (QED) is 0.676. The van der Waals surface area contributed by atoms with Crippen LogP contribution >= 0.6 is 0 Å². The zero-order chi connectivity index (χ0) is 12.7. The van der Waals surface area contributed by atoms with Gasteiger partial charge >= 0.3 is 0 Å². The van der Waals surface area contributed by atoms with Gasteiger partial charge in [0.25, 0.3) is 0 Å². The third kappa shape index (κ3) is 7.05. The molecule has 2 heteroatoms. The number of rotatable bonds is 7. The van der Waals surface area contributed by atoms with E-state index in [2.05, 4.69) is 32.6 Å². The molecule has 1 aliphatic rings. The van der Waals surface area contributed by atoms with Crippen LogP contribution in [0, 0.1) is 11.3 Å². The SMILES string of the molecule is CC(C)CCCC(C)(C)CCN1CCOCC1. The van der Waals surface area contributed by atoms with Gasteiger partial charge in [0.1, 0.15) is 0 Å². The van der Waals surface area contributed by atoms with Crippen LogP contribution in [0.3, 0.4) is 0 Å². The molecular formula is C15H31NO. The van der Waals surface area contributed by atoms with Crippen molar-refractivity contribution in [3.05, 3.63) is 0 Å². The highest BCUT2D eigenvalue weighted by Gasteiger charge is 2.20. The maximum absolute atomic E-state index is 5.38. The summed E-state index contributed by atoms with van der Waals surface area (Å²) in [6.45, 7) is 14.8. The summed E-state index contributed by atoms with van der Waals surface area (Å²) in [6.07, 6.45) is 5.45. The van der Waals surface area contributed by atoms with E-state index in [4.69, 9.17) is 4.74 Å². The maximum atomic E-state index is 5.38. The van der Waals surface area contributed by atoms with E-state index in [0.29, 0.717) is 5.41 Å². The highest BCUT2D eigenvalue weighted by atomic mass is 16.5. The fraction of sp³-hybridized carbons (Fsp3) is 1.00. The highest BCUT2D eigenvalue weighted by Crippen LogP contribution is 2.28. The van der Waals surface area contributed by atoms with Gasteiger partial charge in [-0.15, -0.1) is 0 Å². The Morgan fingerprint density at radius 1 is 1.12 bits per heavy atom. The van der Waals surface area contributed by atoms with Crippen LogP contribution in [0.2, 0.25) is 0 Å². The molecule has 0 saturated carbocycles. The van der Waals surface area contributed by atoms with Crippen LogP contribution in [0.25, 0.3) is 0 Å². The number of nitrogens with zero attached hydrogens (tertiary/aromatic N) is 1. The van der Waals surface area contributed by atoms with E-state index in [1.807, 2.05) is 0 Å². The Morgan fingerprint density at radius 3 is 2.35 bits per heavy atom. The average Bonchev–Trinajstić information content (AvgIpc) is 2.27. The lowest BCUT2D eigenvalue weighted by Crippen LogP contribution is -2.38. The predicted octanol–water partition coefficient (Wildman–Crippen LogP) is 3.56. The first kappa shape index (κ1) is 15.0. The van der Waals surface area contributed by atoms with Gasteiger partial charge in [0, 0.05) is 13.1 Å². The molecule has 0 aromatic rings. The first-order chi connectivity index (χ1) is 7.99. The summed E-state index contributed by atoms with van der Waals surface area (Å²) < 4.78 is 5.38. The standard InChI is InChI=1S/C15H31NO/c1-14(2)6-5-7-15(3,4)8-9-16-10-12-17-13-11-16/h14H,5-13H2,1-4H3. The molecule has 1 saturated heterocycles. The lowest BCUT2D eigenvalue weighted by atomic mass is 9.83. The molecule has 0 bridgehead atoms. The summed E-state index contributed by atoms with van der Waals surface area (Å²) in [7, 11) is 0. The molecule has 0 aliphatic carbocycles. The fourth-order valence-corrected chi connectivity index (χ4v) is 2.40. The van der Waals surface area contributed by atoms with Gasteiger partial charge in [-0.05, 0) is 30.7 Å². The molecule has 17 heavy (non-hydrogen) atoms. The zero-order valence-corrected chi connectivity index (χ0v) is 12.3. The number of hydrogen-bond acceptors (Lipinski definition) is 2. The summed E-state index contributed by atoms with van der Waals surface area (Å²) in [4.78, 5) is 2.55. The lowest BCUT2D eigenvalue weighted by molar-refractivity contribution is 0.0321. The van der Waals surface area contributed by atoms with E-state index in [9.17, 15) is 0 Å². The van der Waals surface area contributed by atoms with E-state index in [1.165, 1.54) is 32.2 Å².